The van der Waals surface area contributed by atoms with E-state index in [0.717, 1.165) is 17.8 Å². The predicted octanol–water partition coefficient (Wildman–Crippen LogP) is 5.37. The predicted molar refractivity (Wildman–Crippen MR) is 106 cm³/mol. The van der Waals surface area contributed by atoms with Crippen LogP contribution in [0.15, 0.2) is 12.1 Å². The summed E-state index contributed by atoms with van der Waals surface area (Å²) in [5.74, 6) is -0.863. The summed E-state index contributed by atoms with van der Waals surface area (Å²) in [6.45, 7) is 0.548. The fourth-order valence-electron chi connectivity index (χ4n) is 6.83. The average molecular weight is 421 g/mol. The van der Waals surface area contributed by atoms with Gasteiger partial charge in [-0.25, -0.2) is 4.39 Å². The Bertz CT molecular complexity index is 831. The Morgan fingerprint density at radius 3 is 2.17 bits per heavy atom. The third-order valence-corrected chi connectivity index (χ3v) is 8.21. The molecule has 1 aromatic rings. The number of hydrogen-bond acceptors (Lipinski definition) is 3. The van der Waals surface area contributed by atoms with Crippen molar-refractivity contribution in [1.82, 2.24) is 0 Å². The summed E-state index contributed by atoms with van der Waals surface area (Å²) in [7, 11) is 0. The second kappa shape index (κ2) is 6.97. The molecular weight excluding hydrogens is 395 g/mol. The second-order valence-electron chi connectivity index (χ2n) is 9.96. The quantitative estimate of drug-likeness (QED) is 0.628. The molecule has 0 aliphatic heterocycles. The van der Waals surface area contributed by atoms with E-state index in [2.05, 4.69) is 0 Å². The lowest BCUT2D eigenvalue weighted by Crippen LogP contribution is -2.48. The van der Waals surface area contributed by atoms with E-state index in [1.54, 1.807) is 0 Å². The van der Waals surface area contributed by atoms with Gasteiger partial charge in [-0.15, -0.1) is 0 Å². The van der Waals surface area contributed by atoms with E-state index in [4.69, 9.17) is 21.4 Å². The van der Waals surface area contributed by atoms with Gasteiger partial charge in [0.05, 0.1) is 23.1 Å². The lowest BCUT2D eigenvalue weighted by atomic mass is 9.50. The molecule has 5 saturated carbocycles. The topological polar surface area (TPSA) is 63.6 Å². The number of Topliss-reactive ketones (excluding diaryl/α,β-unsaturated/α-hetero) is 1. The Labute approximate surface area is 174 Å². The van der Waals surface area contributed by atoms with Crippen molar-refractivity contribution in [3.8, 4) is 5.75 Å². The molecule has 4 nitrogen and oxygen atoms in total. The summed E-state index contributed by atoms with van der Waals surface area (Å²) in [5, 5.41) is 9.38. The molecule has 6 heteroatoms. The molecule has 6 rings (SSSR count). The zero-order valence-corrected chi connectivity index (χ0v) is 17.1. The Balaban J connectivity index is 1.30. The summed E-state index contributed by atoms with van der Waals surface area (Å²) in [4.78, 5) is 23.8. The van der Waals surface area contributed by atoms with E-state index in [9.17, 15) is 14.0 Å². The molecule has 5 fully saturated rings. The highest BCUT2D eigenvalue weighted by molar-refractivity contribution is 6.32. The molecule has 0 spiro atoms. The van der Waals surface area contributed by atoms with Gasteiger partial charge >= 0.3 is 5.97 Å². The molecule has 156 valence electrons. The standard InChI is InChI=1S/C23H26ClFO4/c24-18-6-17(21(26)15-1-2-16(15)22(27)28)19(25)7-20(18)29-11-23-8-12-3-13(9-23)5-14(4-12)10-23/h6-7,12-16H,1-5,8-11H2,(H,27,28). The fraction of sp³-hybridized carbons (Fsp3) is 0.652. The molecule has 29 heavy (non-hydrogen) atoms. The van der Waals surface area contributed by atoms with E-state index in [0.29, 0.717) is 19.4 Å². The minimum Gasteiger partial charge on any atom is -0.491 e. The third kappa shape index (κ3) is 3.35. The van der Waals surface area contributed by atoms with E-state index in [-0.39, 0.29) is 21.8 Å². The molecule has 1 N–H and O–H groups in total. The van der Waals surface area contributed by atoms with Crippen LogP contribution in [0, 0.1) is 40.8 Å². The van der Waals surface area contributed by atoms with Gasteiger partial charge in [0.1, 0.15) is 11.6 Å². The van der Waals surface area contributed by atoms with Gasteiger partial charge in [0.25, 0.3) is 0 Å². The van der Waals surface area contributed by atoms with Crippen molar-refractivity contribution < 1.29 is 23.8 Å². The van der Waals surface area contributed by atoms with Gasteiger partial charge in [0.2, 0.25) is 0 Å². The van der Waals surface area contributed by atoms with Crippen LogP contribution >= 0.6 is 11.6 Å². The van der Waals surface area contributed by atoms with Crippen LogP contribution in [0.5, 0.6) is 5.75 Å². The Hall–Kier alpha value is -1.62. The second-order valence-corrected chi connectivity index (χ2v) is 10.4. The van der Waals surface area contributed by atoms with Gasteiger partial charge < -0.3 is 9.84 Å². The van der Waals surface area contributed by atoms with Crippen molar-refractivity contribution in [2.24, 2.45) is 35.0 Å². The molecule has 0 amide bonds. The molecule has 4 bridgehead atoms. The van der Waals surface area contributed by atoms with Gasteiger partial charge in [-0.1, -0.05) is 11.6 Å². The number of hydrogen-bond donors (Lipinski definition) is 1. The van der Waals surface area contributed by atoms with Crippen LogP contribution < -0.4 is 4.74 Å². The van der Waals surface area contributed by atoms with E-state index in [1.165, 1.54) is 50.7 Å². The minimum atomic E-state index is -1.00. The first-order valence-corrected chi connectivity index (χ1v) is 11.1. The summed E-state index contributed by atoms with van der Waals surface area (Å²) < 4.78 is 20.7. The first-order valence-electron chi connectivity index (χ1n) is 10.7. The van der Waals surface area contributed by atoms with Gasteiger partial charge in [-0.3, -0.25) is 9.59 Å². The number of carbonyl (C=O) groups is 2. The molecule has 0 saturated heterocycles. The van der Waals surface area contributed by atoms with Crippen LogP contribution in [0.4, 0.5) is 4.39 Å². The van der Waals surface area contributed by atoms with Crippen molar-refractivity contribution in [2.75, 3.05) is 6.61 Å². The van der Waals surface area contributed by atoms with Crippen LogP contribution in [0.1, 0.15) is 61.7 Å². The van der Waals surface area contributed by atoms with Crippen LogP contribution in [-0.4, -0.2) is 23.5 Å². The molecule has 2 unspecified atom stereocenters. The summed E-state index contributed by atoms with van der Waals surface area (Å²) in [5.41, 5.74) is 0.0528. The Morgan fingerprint density at radius 2 is 1.66 bits per heavy atom. The number of carbonyl (C=O) groups excluding carboxylic acids is 1. The van der Waals surface area contributed by atoms with E-state index in [1.807, 2.05) is 0 Å². The maximum atomic E-state index is 14.7. The molecule has 5 aliphatic rings. The normalized spacial score (nSPS) is 37.2. The fourth-order valence-corrected chi connectivity index (χ4v) is 7.05. The number of benzene rings is 1. The van der Waals surface area contributed by atoms with Gasteiger partial charge in [-0.05, 0) is 75.2 Å². The Kier molecular flexibility index (Phi) is 4.65. The lowest BCUT2D eigenvalue weighted by molar-refractivity contribution is -0.146. The van der Waals surface area contributed by atoms with E-state index < -0.39 is 29.4 Å². The van der Waals surface area contributed by atoms with Crippen molar-refractivity contribution in [2.45, 2.75) is 51.4 Å². The van der Waals surface area contributed by atoms with Crippen molar-refractivity contribution >= 4 is 23.4 Å². The SMILES string of the molecule is O=C(O)C1CCC1C(=O)c1cc(Cl)c(OCC23CC4CC(CC(C4)C2)C3)cc1F. The van der Waals surface area contributed by atoms with Crippen LogP contribution in [-0.2, 0) is 4.79 Å². The third-order valence-electron chi connectivity index (χ3n) is 7.91. The zero-order valence-electron chi connectivity index (χ0n) is 16.3. The van der Waals surface area contributed by atoms with Gasteiger partial charge in [-0.2, -0.15) is 0 Å². The average Bonchev–Trinajstić information content (AvgIpc) is 2.59. The largest absolute Gasteiger partial charge is 0.491 e. The number of ether oxygens (including phenoxy) is 1. The number of aliphatic carboxylic acids is 1. The zero-order chi connectivity index (χ0) is 20.3. The monoisotopic (exact) mass is 420 g/mol. The maximum Gasteiger partial charge on any atom is 0.307 e. The number of carboxylic acids is 1. The minimum absolute atomic E-state index is 0.131. The highest BCUT2D eigenvalue weighted by Crippen LogP contribution is 2.60. The first-order chi connectivity index (χ1) is 13.8. The molecule has 0 aromatic heterocycles. The first kappa shape index (κ1) is 19.3. The lowest BCUT2D eigenvalue weighted by Gasteiger charge is -2.56. The van der Waals surface area contributed by atoms with Crippen molar-refractivity contribution in [1.29, 1.82) is 0 Å². The van der Waals surface area contributed by atoms with Gasteiger partial charge in [0.15, 0.2) is 5.78 Å². The molecule has 2 atom stereocenters. The summed E-state index contributed by atoms with van der Waals surface area (Å²) >= 11 is 6.34. The number of ketones is 1. The van der Waals surface area contributed by atoms with Crippen LogP contribution in [0.3, 0.4) is 0 Å². The molecule has 0 heterocycles. The smallest absolute Gasteiger partial charge is 0.307 e. The summed E-state index contributed by atoms with van der Waals surface area (Å²) in [6.07, 6.45) is 8.54. The number of rotatable bonds is 6. The van der Waals surface area contributed by atoms with Crippen molar-refractivity contribution in [3.63, 3.8) is 0 Å². The highest BCUT2D eigenvalue weighted by Gasteiger charge is 2.51. The maximum absolute atomic E-state index is 14.7. The molecule has 5 aliphatic carbocycles. The van der Waals surface area contributed by atoms with Crippen LogP contribution in [0.2, 0.25) is 5.02 Å². The summed E-state index contributed by atoms with van der Waals surface area (Å²) in [6, 6.07) is 2.51. The van der Waals surface area contributed by atoms with Gasteiger partial charge in [0, 0.05) is 17.4 Å². The van der Waals surface area contributed by atoms with E-state index >= 15 is 0 Å². The highest BCUT2D eigenvalue weighted by atomic mass is 35.5. The number of carboxylic acid groups (broad SMARTS) is 1. The number of halogens is 2. The van der Waals surface area contributed by atoms with Crippen molar-refractivity contribution in [3.05, 3.63) is 28.5 Å². The molecule has 0 radical (unpaired) electrons. The molecular formula is C23H26ClFO4. The molecule has 1 aromatic carbocycles. The van der Waals surface area contributed by atoms with Crippen LogP contribution in [0.25, 0.3) is 0 Å². The Morgan fingerprint density at radius 1 is 1.07 bits per heavy atom.